The highest BCUT2D eigenvalue weighted by atomic mass is 35.5. The number of fused-ring (bicyclic) bond motifs is 2. The predicted octanol–water partition coefficient (Wildman–Crippen LogP) is 2.32. The molecule has 5 rings (SSSR count). The monoisotopic (exact) mass is 534 g/mol. The summed E-state index contributed by atoms with van der Waals surface area (Å²) in [6.45, 7) is 3.93. The number of hydrogen-bond acceptors (Lipinski definition) is 6. The van der Waals surface area contributed by atoms with Gasteiger partial charge in [-0.25, -0.2) is 9.37 Å². The molecule has 0 radical (unpaired) electrons. The largest absolute Gasteiger partial charge is 0.351 e. The first kappa shape index (κ1) is 26.1. The number of nitrogens with zero attached hydrogens (tertiary/aromatic N) is 3. The van der Waals surface area contributed by atoms with E-state index in [-0.39, 0.29) is 48.5 Å². The number of nitrogens with one attached hydrogen (secondary N) is 3. The number of rotatable bonds is 4. The van der Waals surface area contributed by atoms with Crippen LogP contribution < -0.4 is 10.6 Å². The molecule has 2 aliphatic rings. The maximum Gasteiger partial charge on any atom is 0.280 e. The number of carbonyl (C=O) groups is 3. The molecule has 0 saturated carbocycles. The zero-order chi connectivity index (χ0) is 24.7. The lowest BCUT2D eigenvalue weighted by atomic mass is 9.98. The average Bonchev–Trinajstić information content (AvgIpc) is 3.43. The Balaban J connectivity index is 0.00000304. The first-order valence-electron chi connectivity index (χ1n) is 11.6. The molecule has 1 fully saturated rings. The Morgan fingerprint density at radius 2 is 1.92 bits per heavy atom. The summed E-state index contributed by atoms with van der Waals surface area (Å²) in [5, 5.41) is 7.00. The SMILES string of the molecule is CC(=O)N1CC[C@H](NC(=O)c2cc3cc(F)ccc3[nH]2)[C@H](NC(=O)c2nc3c(s2)CN(C)CC3)C1.Cl. The molecular formula is C24H28ClFN6O3S. The van der Waals surface area contributed by atoms with E-state index in [4.69, 9.17) is 0 Å². The summed E-state index contributed by atoms with van der Waals surface area (Å²) in [4.78, 5) is 50.6. The van der Waals surface area contributed by atoms with E-state index >= 15 is 0 Å². The van der Waals surface area contributed by atoms with Crippen LogP contribution in [-0.4, -0.2) is 76.3 Å². The Kier molecular flexibility index (Phi) is 7.62. The normalized spacial score (nSPS) is 19.9. The minimum Gasteiger partial charge on any atom is -0.351 e. The number of aromatic amines is 1. The van der Waals surface area contributed by atoms with E-state index < -0.39 is 6.04 Å². The molecule has 0 aliphatic carbocycles. The highest BCUT2D eigenvalue weighted by Crippen LogP contribution is 2.25. The smallest absolute Gasteiger partial charge is 0.280 e. The number of carbonyl (C=O) groups excluding carboxylic acids is 3. The molecule has 9 nitrogen and oxygen atoms in total. The van der Waals surface area contributed by atoms with Crippen LogP contribution in [0.5, 0.6) is 0 Å². The number of H-pyrrole nitrogens is 1. The maximum atomic E-state index is 13.5. The molecule has 1 aromatic carbocycles. The van der Waals surface area contributed by atoms with Gasteiger partial charge in [0.25, 0.3) is 11.8 Å². The predicted molar refractivity (Wildman–Crippen MR) is 137 cm³/mol. The molecule has 2 aliphatic heterocycles. The highest BCUT2D eigenvalue weighted by Gasteiger charge is 2.34. The fourth-order valence-electron chi connectivity index (χ4n) is 4.68. The van der Waals surface area contributed by atoms with Gasteiger partial charge in [0.15, 0.2) is 5.01 Å². The Bertz CT molecular complexity index is 1310. The lowest BCUT2D eigenvalue weighted by molar-refractivity contribution is -0.130. The third-order valence-corrected chi connectivity index (χ3v) is 7.72. The Morgan fingerprint density at radius 3 is 2.69 bits per heavy atom. The summed E-state index contributed by atoms with van der Waals surface area (Å²) in [6.07, 6.45) is 1.30. The lowest BCUT2D eigenvalue weighted by Crippen LogP contribution is -2.61. The molecule has 0 unspecified atom stereocenters. The molecule has 2 aromatic heterocycles. The molecular weight excluding hydrogens is 507 g/mol. The molecule has 2 atom stereocenters. The molecule has 3 N–H and O–H groups in total. The van der Waals surface area contributed by atoms with E-state index in [9.17, 15) is 18.8 Å². The van der Waals surface area contributed by atoms with Crippen LogP contribution in [-0.2, 0) is 17.8 Å². The van der Waals surface area contributed by atoms with Gasteiger partial charge in [-0.05, 0) is 37.7 Å². The minimum atomic E-state index is -0.477. The summed E-state index contributed by atoms with van der Waals surface area (Å²) in [6, 6.07) is 5.02. The van der Waals surface area contributed by atoms with Crippen LogP contribution in [0.4, 0.5) is 4.39 Å². The molecule has 12 heteroatoms. The highest BCUT2D eigenvalue weighted by molar-refractivity contribution is 7.13. The van der Waals surface area contributed by atoms with Crippen LogP contribution in [0.1, 0.15) is 44.2 Å². The van der Waals surface area contributed by atoms with Crippen LogP contribution in [0.15, 0.2) is 24.3 Å². The second kappa shape index (κ2) is 10.5. The fraction of sp³-hybridized carbons (Fsp3) is 0.417. The molecule has 192 valence electrons. The van der Waals surface area contributed by atoms with Gasteiger partial charge in [0.05, 0.1) is 17.8 Å². The van der Waals surface area contributed by atoms with Gasteiger partial charge in [0.2, 0.25) is 5.91 Å². The molecule has 3 amide bonds. The van der Waals surface area contributed by atoms with Gasteiger partial charge >= 0.3 is 0 Å². The van der Waals surface area contributed by atoms with Gasteiger partial charge in [-0.15, -0.1) is 23.7 Å². The van der Waals surface area contributed by atoms with E-state index in [1.165, 1.54) is 30.4 Å². The first-order valence-corrected chi connectivity index (χ1v) is 12.4. The zero-order valence-corrected chi connectivity index (χ0v) is 21.6. The van der Waals surface area contributed by atoms with Gasteiger partial charge in [-0.1, -0.05) is 0 Å². The van der Waals surface area contributed by atoms with Crippen molar-refractivity contribution in [2.45, 2.75) is 38.4 Å². The minimum absolute atomic E-state index is 0. The summed E-state index contributed by atoms with van der Waals surface area (Å²) < 4.78 is 13.5. The first-order chi connectivity index (χ1) is 16.8. The van der Waals surface area contributed by atoms with Gasteiger partial charge in [0, 0.05) is 55.3 Å². The number of halogens is 2. The van der Waals surface area contributed by atoms with Crippen molar-refractivity contribution in [1.29, 1.82) is 0 Å². The van der Waals surface area contributed by atoms with Crippen molar-refractivity contribution in [3.8, 4) is 0 Å². The van der Waals surface area contributed by atoms with Crippen molar-refractivity contribution in [1.82, 2.24) is 30.4 Å². The van der Waals surface area contributed by atoms with Gasteiger partial charge in [-0.2, -0.15) is 0 Å². The molecule has 1 saturated heterocycles. The van der Waals surface area contributed by atoms with Crippen LogP contribution in [0.2, 0.25) is 0 Å². The summed E-state index contributed by atoms with van der Waals surface area (Å²) in [5.41, 5.74) is 1.93. The Hall–Kier alpha value is -3.02. The number of piperidine rings is 1. The topological polar surface area (TPSA) is 110 Å². The second-order valence-electron chi connectivity index (χ2n) is 9.20. The third-order valence-electron chi connectivity index (χ3n) is 6.63. The van der Waals surface area contributed by atoms with Crippen LogP contribution in [0.25, 0.3) is 10.9 Å². The zero-order valence-electron chi connectivity index (χ0n) is 20.0. The number of aromatic nitrogens is 2. The quantitative estimate of drug-likeness (QED) is 0.476. The lowest BCUT2D eigenvalue weighted by Gasteiger charge is -2.38. The van der Waals surface area contributed by atoms with Crippen molar-refractivity contribution >= 4 is 52.4 Å². The summed E-state index contributed by atoms with van der Waals surface area (Å²) in [5.74, 6) is -1.12. The standard InChI is InChI=1S/C24H27FN6O3S.ClH/c1-13(32)31-8-6-17(27-22(33)19-10-14-9-15(25)3-4-16(14)26-19)20(11-31)28-23(34)24-29-18-5-7-30(2)12-21(18)35-24;/h3-4,9-10,17,20,26H,5-8,11-12H2,1-2H3,(H,27,33)(H,28,34);1H/t17-,20+;/m0./s1. The van der Waals surface area contributed by atoms with E-state index in [1.54, 1.807) is 17.0 Å². The Morgan fingerprint density at radius 1 is 1.14 bits per heavy atom. The molecule has 0 bridgehead atoms. The van der Waals surface area contributed by atoms with Gasteiger partial charge in [-0.3, -0.25) is 14.4 Å². The third kappa shape index (κ3) is 5.37. The summed E-state index contributed by atoms with van der Waals surface area (Å²) >= 11 is 1.39. The average molecular weight is 535 g/mol. The number of likely N-dealkylation sites (tertiary alicyclic amines) is 1. The van der Waals surface area contributed by atoms with Crippen LogP contribution in [0, 0.1) is 5.82 Å². The van der Waals surface area contributed by atoms with Crippen molar-refractivity contribution in [3.05, 3.63) is 51.4 Å². The molecule has 4 heterocycles. The van der Waals surface area contributed by atoms with Crippen molar-refractivity contribution in [2.75, 3.05) is 26.7 Å². The van der Waals surface area contributed by atoms with E-state index in [1.807, 2.05) is 7.05 Å². The van der Waals surface area contributed by atoms with Crippen molar-refractivity contribution in [3.63, 3.8) is 0 Å². The second-order valence-corrected chi connectivity index (χ2v) is 10.3. The van der Waals surface area contributed by atoms with Crippen molar-refractivity contribution in [2.24, 2.45) is 0 Å². The number of benzene rings is 1. The fourth-order valence-corrected chi connectivity index (χ4v) is 5.77. The number of hydrogen-bond donors (Lipinski definition) is 3. The van der Waals surface area contributed by atoms with Gasteiger partial charge in [0.1, 0.15) is 11.5 Å². The molecule has 0 spiro atoms. The van der Waals surface area contributed by atoms with Gasteiger partial charge < -0.3 is 25.4 Å². The van der Waals surface area contributed by atoms with Crippen LogP contribution >= 0.6 is 23.7 Å². The van der Waals surface area contributed by atoms with E-state index in [2.05, 4.69) is 25.5 Å². The number of thiazole rings is 1. The number of amides is 3. The Labute approximate surface area is 217 Å². The van der Waals surface area contributed by atoms with E-state index in [0.29, 0.717) is 34.6 Å². The maximum absolute atomic E-state index is 13.5. The van der Waals surface area contributed by atoms with Crippen LogP contribution in [0.3, 0.4) is 0 Å². The summed E-state index contributed by atoms with van der Waals surface area (Å²) in [7, 11) is 2.04. The van der Waals surface area contributed by atoms with E-state index in [0.717, 1.165) is 30.1 Å². The molecule has 36 heavy (non-hydrogen) atoms. The molecule has 3 aromatic rings. The number of likely N-dealkylation sites (N-methyl/N-ethyl adjacent to an activating group) is 1. The van der Waals surface area contributed by atoms with Crippen molar-refractivity contribution < 1.29 is 18.8 Å².